The third kappa shape index (κ3) is 4.42. The van der Waals surface area contributed by atoms with Crippen LogP contribution in [0.4, 0.5) is 10.6 Å². The molecular formula is C21H27N5O3. The average Bonchev–Trinajstić information content (AvgIpc) is 3.06. The van der Waals surface area contributed by atoms with Crippen LogP contribution in [0.25, 0.3) is 5.69 Å². The monoisotopic (exact) mass is 397 g/mol. The molecule has 2 fully saturated rings. The van der Waals surface area contributed by atoms with Crippen LogP contribution in [0.1, 0.15) is 26.3 Å². The van der Waals surface area contributed by atoms with Crippen molar-refractivity contribution in [3.63, 3.8) is 0 Å². The Hall–Kier alpha value is -2.87. The SMILES string of the molecule is CC(C)(C)OC(=O)N[C@@H]1C2CN(Cc3ccc(-n4ccc(N)nc4=O)cc3)C[C@H]21. The van der Waals surface area contributed by atoms with Crippen LogP contribution in [0, 0.1) is 11.8 Å². The Bertz CT molecular complexity index is 952. The van der Waals surface area contributed by atoms with E-state index in [1.54, 1.807) is 12.3 Å². The number of nitrogens with one attached hydrogen (secondary N) is 1. The Morgan fingerprint density at radius 3 is 2.45 bits per heavy atom. The number of likely N-dealkylation sites (tertiary alicyclic amines) is 1. The molecule has 0 radical (unpaired) electrons. The molecule has 0 spiro atoms. The second kappa shape index (κ2) is 7.18. The first-order valence-electron chi connectivity index (χ1n) is 9.86. The Labute approximate surface area is 169 Å². The quantitative estimate of drug-likeness (QED) is 0.815. The van der Waals surface area contributed by atoms with Crippen LogP contribution in [-0.4, -0.2) is 45.3 Å². The summed E-state index contributed by atoms with van der Waals surface area (Å²) in [6.07, 6.45) is 1.30. The van der Waals surface area contributed by atoms with Gasteiger partial charge in [0, 0.05) is 31.9 Å². The Kier molecular flexibility index (Phi) is 4.82. The maximum atomic E-state index is 12.0. The van der Waals surface area contributed by atoms with E-state index in [2.05, 4.69) is 15.2 Å². The van der Waals surface area contributed by atoms with Crippen molar-refractivity contribution in [2.45, 2.75) is 39.0 Å². The number of nitrogens with zero attached hydrogens (tertiary/aromatic N) is 3. The zero-order valence-corrected chi connectivity index (χ0v) is 17.0. The summed E-state index contributed by atoms with van der Waals surface area (Å²) in [5, 5.41) is 3.00. The molecule has 1 aromatic carbocycles. The third-order valence-electron chi connectivity index (χ3n) is 5.40. The second-order valence-electron chi connectivity index (χ2n) is 8.87. The predicted molar refractivity (Wildman–Crippen MR) is 110 cm³/mol. The second-order valence-corrected chi connectivity index (χ2v) is 8.87. The van der Waals surface area contributed by atoms with E-state index in [4.69, 9.17) is 10.5 Å². The molecule has 1 amide bonds. The molecule has 8 heteroatoms. The molecule has 3 N–H and O–H groups in total. The first kappa shape index (κ1) is 19.4. The maximum Gasteiger partial charge on any atom is 0.407 e. The molecule has 1 aromatic heterocycles. The number of nitrogen functional groups attached to an aromatic ring is 1. The van der Waals surface area contributed by atoms with E-state index in [1.165, 1.54) is 10.1 Å². The van der Waals surface area contributed by atoms with Gasteiger partial charge in [-0.1, -0.05) is 12.1 Å². The molecule has 1 saturated heterocycles. The van der Waals surface area contributed by atoms with E-state index in [9.17, 15) is 9.59 Å². The number of piperidine rings is 1. The van der Waals surface area contributed by atoms with Gasteiger partial charge in [0.05, 0.1) is 5.69 Å². The van der Waals surface area contributed by atoms with Gasteiger partial charge in [0.1, 0.15) is 11.4 Å². The standard InChI is InChI=1S/C21H27N5O3/c1-21(2,3)29-20(28)24-18-15-11-25(12-16(15)18)10-13-4-6-14(7-5-13)26-9-8-17(22)23-19(26)27/h4-9,15-16,18H,10-12H2,1-3H3,(H,24,28)(H2,22,23,27)/t15-,16?,18+/m1/s1. The van der Waals surface area contributed by atoms with E-state index in [-0.39, 0.29) is 23.6 Å². The number of nitrogens with two attached hydrogens (primary N) is 1. The number of benzene rings is 1. The molecule has 1 aliphatic carbocycles. The molecule has 2 aliphatic rings. The van der Waals surface area contributed by atoms with Gasteiger partial charge in [-0.05, 0) is 56.4 Å². The van der Waals surface area contributed by atoms with Crippen molar-refractivity contribution in [2.24, 2.45) is 11.8 Å². The Morgan fingerprint density at radius 2 is 1.86 bits per heavy atom. The van der Waals surface area contributed by atoms with Crippen molar-refractivity contribution in [2.75, 3.05) is 18.8 Å². The van der Waals surface area contributed by atoms with Gasteiger partial charge in [-0.3, -0.25) is 9.47 Å². The number of hydrogen-bond donors (Lipinski definition) is 2. The lowest BCUT2D eigenvalue weighted by Gasteiger charge is -2.22. The van der Waals surface area contributed by atoms with Crippen molar-refractivity contribution < 1.29 is 9.53 Å². The van der Waals surface area contributed by atoms with Gasteiger partial charge in [0.2, 0.25) is 0 Å². The number of hydrogen-bond acceptors (Lipinski definition) is 6. The number of alkyl carbamates (subject to hydrolysis) is 1. The summed E-state index contributed by atoms with van der Waals surface area (Å²) >= 11 is 0. The van der Waals surface area contributed by atoms with E-state index >= 15 is 0 Å². The van der Waals surface area contributed by atoms with Crippen molar-refractivity contribution in [3.8, 4) is 5.69 Å². The van der Waals surface area contributed by atoms with Crippen LogP contribution in [0.15, 0.2) is 41.3 Å². The first-order chi connectivity index (χ1) is 13.7. The Balaban J connectivity index is 1.29. The molecule has 1 saturated carbocycles. The zero-order chi connectivity index (χ0) is 20.8. The van der Waals surface area contributed by atoms with Crippen molar-refractivity contribution in [1.82, 2.24) is 19.8 Å². The Morgan fingerprint density at radius 1 is 1.21 bits per heavy atom. The number of ether oxygens (including phenoxy) is 1. The molecule has 2 heterocycles. The van der Waals surface area contributed by atoms with Crippen molar-refractivity contribution in [1.29, 1.82) is 0 Å². The summed E-state index contributed by atoms with van der Waals surface area (Å²) in [6.45, 7) is 8.39. The van der Waals surface area contributed by atoms with Gasteiger partial charge in [-0.2, -0.15) is 4.98 Å². The van der Waals surface area contributed by atoms with Gasteiger partial charge < -0.3 is 15.8 Å². The number of fused-ring (bicyclic) bond motifs is 1. The smallest absolute Gasteiger partial charge is 0.407 e. The highest BCUT2D eigenvalue weighted by atomic mass is 16.6. The first-order valence-corrected chi connectivity index (χ1v) is 9.86. The van der Waals surface area contributed by atoms with Gasteiger partial charge >= 0.3 is 11.8 Å². The number of carbonyl (C=O) groups excluding carboxylic acids is 1. The number of rotatable bonds is 4. The molecular weight excluding hydrogens is 370 g/mol. The molecule has 8 nitrogen and oxygen atoms in total. The number of amides is 1. The largest absolute Gasteiger partial charge is 0.444 e. The molecule has 154 valence electrons. The fourth-order valence-electron chi connectivity index (χ4n) is 4.03. The van der Waals surface area contributed by atoms with Gasteiger partial charge in [-0.25, -0.2) is 9.59 Å². The molecule has 0 bridgehead atoms. The number of carbonyl (C=O) groups is 1. The van der Waals surface area contributed by atoms with Gasteiger partial charge in [0.15, 0.2) is 0 Å². The minimum Gasteiger partial charge on any atom is -0.444 e. The minimum atomic E-state index is -0.472. The van der Waals surface area contributed by atoms with Crippen LogP contribution in [-0.2, 0) is 11.3 Å². The maximum absolute atomic E-state index is 12.0. The molecule has 2 aromatic rings. The predicted octanol–water partition coefficient (Wildman–Crippen LogP) is 1.77. The van der Waals surface area contributed by atoms with E-state index in [0.717, 1.165) is 25.3 Å². The summed E-state index contributed by atoms with van der Waals surface area (Å²) in [7, 11) is 0. The summed E-state index contributed by atoms with van der Waals surface area (Å²) in [5.41, 5.74) is 6.62. The fourth-order valence-corrected chi connectivity index (χ4v) is 4.03. The van der Waals surface area contributed by atoms with Crippen LogP contribution in [0.3, 0.4) is 0 Å². The summed E-state index contributed by atoms with van der Waals surface area (Å²) in [5.74, 6) is 1.22. The van der Waals surface area contributed by atoms with Gasteiger partial charge in [0.25, 0.3) is 0 Å². The van der Waals surface area contributed by atoms with Crippen LogP contribution < -0.4 is 16.7 Å². The number of aromatic nitrogens is 2. The highest BCUT2D eigenvalue weighted by Gasteiger charge is 2.56. The molecule has 1 unspecified atom stereocenters. The van der Waals surface area contributed by atoms with E-state index in [1.807, 2.05) is 45.0 Å². The average molecular weight is 397 g/mol. The fraction of sp³-hybridized carbons (Fsp3) is 0.476. The van der Waals surface area contributed by atoms with Crippen molar-refractivity contribution >= 4 is 11.9 Å². The highest BCUT2D eigenvalue weighted by Crippen LogP contribution is 2.45. The highest BCUT2D eigenvalue weighted by molar-refractivity contribution is 5.68. The minimum absolute atomic E-state index is 0.218. The normalized spacial score (nSPS) is 23.5. The lowest BCUT2D eigenvalue weighted by molar-refractivity contribution is 0.0513. The van der Waals surface area contributed by atoms with Crippen molar-refractivity contribution in [3.05, 3.63) is 52.6 Å². The third-order valence-corrected chi connectivity index (χ3v) is 5.40. The van der Waals surface area contributed by atoms with E-state index in [0.29, 0.717) is 11.8 Å². The summed E-state index contributed by atoms with van der Waals surface area (Å²) in [6, 6.07) is 9.72. The molecule has 3 atom stereocenters. The van der Waals surface area contributed by atoms with E-state index < -0.39 is 5.60 Å². The zero-order valence-electron chi connectivity index (χ0n) is 17.0. The van der Waals surface area contributed by atoms with Crippen LogP contribution >= 0.6 is 0 Å². The van der Waals surface area contributed by atoms with Crippen LogP contribution in [0.5, 0.6) is 0 Å². The summed E-state index contributed by atoms with van der Waals surface area (Å²) < 4.78 is 6.81. The van der Waals surface area contributed by atoms with Crippen LogP contribution in [0.2, 0.25) is 0 Å². The molecule has 29 heavy (non-hydrogen) atoms. The topological polar surface area (TPSA) is 102 Å². The molecule has 4 rings (SSSR count). The number of anilines is 1. The summed E-state index contributed by atoms with van der Waals surface area (Å²) in [4.78, 5) is 30.0. The molecule has 1 aliphatic heterocycles. The lowest BCUT2D eigenvalue weighted by Crippen LogP contribution is -2.38. The lowest BCUT2D eigenvalue weighted by atomic mass is 10.2. The van der Waals surface area contributed by atoms with Gasteiger partial charge in [-0.15, -0.1) is 0 Å².